The Bertz CT molecular complexity index is 1500. The molecule has 1 atom stereocenters. The molecule has 0 N–H and O–H groups in total. The van der Waals surface area contributed by atoms with Crippen molar-refractivity contribution in [2.75, 3.05) is 18.0 Å². The zero-order valence-corrected chi connectivity index (χ0v) is 24.8. The highest BCUT2D eigenvalue weighted by Gasteiger charge is 2.52. The number of anilines is 1. The molecule has 0 fully saturated rings. The molecule has 0 spiro atoms. The van der Waals surface area contributed by atoms with E-state index in [1.54, 1.807) is 12.3 Å². The van der Waals surface area contributed by atoms with E-state index in [2.05, 4.69) is 91.5 Å². The molecular weight excluding hydrogens is 494 g/mol. The zero-order chi connectivity index (χ0) is 28.3. The van der Waals surface area contributed by atoms with E-state index in [1.165, 1.54) is 43.3 Å². The van der Waals surface area contributed by atoms with Crippen molar-refractivity contribution < 1.29 is 9.53 Å². The van der Waals surface area contributed by atoms with Crippen LogP contribution in [0.25, 0.3) is 10.9 Å². The van der Waals surface area contributed by atoms with Gasteiger partial charge in [-0.2, -0.15) is 0 Å². The first-order valence-corrected chi connectivity index (χ1v) is 15.1. The fourth-order valence-electron chi connectivity index (χ4n) is 6.66. The first-order chi connectivity index (χ1) is 19.5. The molecular formula is C35H43N3O2. The lowest BCUT2D eigenvalue weighted by Crippen LogP contribution is -2.32. The molecule has 4 aromatic rings. The van der Waals surface area contributed by atoms with Crippen molar-refractivity contribution in [3.05, 3.63) is 94.4 Å². The van der Waals surface area contributed by atoms with E-state index in [0.717, 1.165) is 59.4 Å². The smallest absolute Gasteiger partial charge is 0.340 e. The number of benzene rings is 2. The standard InChI is InChI=1S/C35H43N3O2/c1-6-9-10-11-12-15-22-38-26(5)33(29-16-13-14-17-32(29)38)35(31-24-36-21-20-28(31)34(39)40-35)30-19-18-27(23-25(30)4)37(7-2)8-3/h13-14,16-21,23-24H,6-12,15,22H2,1-5H3. The molecule has 1 aliphatic rings. The Balaban J connectivity index is 1.70. The quantitative estimate of drug-likeness (QED) is 0.135. The average Bonchev–Trinajstić information content (AvgIpc) is 3.42. The Morgan fingerprint density at radius 2 is 1.65 bits per heavy atom. The van der Waals surface area contributed by atoms with Gasteiger partial charge in [0.15, 0.2) is 5.60 Å². The Labute approximate surface area is 239 Å². The van der Waals surface area contributed by atoms with Gasteiger partial charge in [-0.25, -0.2) is 4.79 Å². The Kier molecular flexibility index (Phi) is 8.30. The van der Waals surface area contributed by atoms with Crippen LogP contribution in [0, 0.1) is 13.8 Å². The molecule has 5 heteroatoms. The number of aromatic nitrogens is 2. The van der Waals surface area contributed by atoms with Gasteiger partial charge in [0.05, 0.1) is 5.56 Å². The summed E-state index contributed by atoms with van der Waals surface area (Å²) in [6, 6.07) is 16.9. The molecule has 40 heavy (non-hydrogen) atoms. The number of fused-ring (bicyclic) bond motifs is 2. The van der Waals surface area contributed by atoms with Crippen molar-refractivity contribution in [3.63, 3.8) is 0 Å². The second kappa shape index (κ2) is 11.9. The number of unbranched alkanes of at least 4 members (excludes halogenated alkanes) is 5. The second-order valence-electron chi connectivity index (χ2n) is 11.1. The molecule has 210 valence electrons. The van der Waals surface area contributed by atoms with E-state index in [0.29, 0.717) is 5.56 Å². The van der Waals surface area contributed by atoms with Gasteiger partial charge < -0.3 is 14.2 Å². The van der Waals surface area contributed by atoms with Gasteiger partial charge in [0.25, 0.3) is 0 Å². The highest BCUT2D eigenvalue weighted by atomic mass is 16.6. The van der Waals surface area contributed by atoms with Gasteiger partial charge in [-0.3, -0.25) is 4.98 Å². The minimum atomic E-state index is -1.07. The van der Waals surface area contributed by atoms with Crippen molar-refractivity contribution in [1.82, 2.24) is 9.55 Å². The molecule has 1 aliphatic heterocycles. The maximum Gasteiger partial charge on any atom is 0.340 e. The van der Waals surface area contributed by atoms with Gasteiger partial charge in [-0.15, -0.1) is 0 Å². The normalized spacial score (nSPS) is 16.4. The lowest BCUT2D eigenvalue weighted by Gasteiger charge is -2.33. The Morgan fingerprint density at radius 3 is 2.40 bits per heavy atom. The molecule has 0 saturated heterocycles. The van der Waals surface area contributed by atoms with E-state index in [-0.39, 0.29) is 5.97 Å². The summed E-state index contributed by atoms with van der Waals surface area (Å²) in [5, 5.41) is 1.13. The van der Waals surface area contributed by atoms with Crippen LogP contribution in [-0.2, 0) is 16.9 Å². The summed E-state index contributed by atoms with van der Waals surface area (Å²) in [5.41, 5.74) is 7.00. The van der Waals surface area contributed by atoms with Crippen LogP contribution in [0.15, 0.2) is 60.9 Å². The van der Waals surface area contributed by atoms with Crippen LogP contribution in [0.3, 0.4) is 0 Å². The van der Waals surface area contributed by atoms with E-state index in [4.69, 9.17) is 4.74 Å². The van der Waals surface area contributed by atoms with Crippen LogP contribution in [0.1, 0.15) is 97.6 Å². The first-order valence-electron chi connectivity index (χ1n) is 15.1. The van der Waals surface area contributed by atoms with Crippen LogP contribution in [-0.4, -0.2) is 28.6 Å². The van der Waals surface area contributed by atoms with E-state index < -0.39 is 5.60 Å². The third kappa shape index (κ3) is 4.70. The number of esters is 1. The van der Waals surface area contributed by atoms with Crippen LogP contribution in [0.4, 0.5) is 5.69 Å². The largest absolute Gasteiger partial charge is 0.440 e. The number of ether oxygens (including phenoxy) is 1. The number of carbonyl (C=O) groups excluding carboxylic acids is 1. The summed E-state index contributed by atoms with van der Waals surface area (Å²) in [5.74, 6) is -0.295. The lowest BCUT2D eigenvalue weighted by atomic mass is 9.77. The summed E-state index contributed by atoms with van der Waals surface area (Å²) in [6.45, 7) is 13.8. The van der Waals surface area contributed by atoms with E-state index >= 15 is 0 Å². The molecule has 3 heterocycles. The van der Waals surface area contributed by atoms with E-state index in [9.17, 15) is 4.79 Å². The highest BCUT2D eigenvalue weighted by molar-refractivity contribution is 5.98. The molecule has 0 saturated carbocycles. The Hall–Kier alpha value is -3.60. The number of nitrogens with zero attached hydrogens (tertiary/aromatic N) is 3. The summed E-state index contributed by atoms with van der Waals surface area (Å²) >= 11 is 0. The van der Waals surface area contributed by atoms with Gasteiger partial charge in [0, 0.05) is 71.0 Å². The van der Waals surface area contributed by atoms with Gasteiger partial charge in [-0.05, 0) is 63.9 Å². The minimum Gasteiger partial charge on any atom is -0.440 e. The molecule has 0 amide bonds. The Morgan fingerprint density at radius 1 is 0.900 bits per heavy atom. The second-order valence-corrected chi connectivity index (χ2v) is 11.1. The van der Waals surface area contributed by atoms with Crippen LogP contribution in [0.5, 0.6) is 0 Å². The maximum absolute atomic E-state index is 13.5. The molecule has 1 unspecified atom stereocenters. The van der Waals surface area contributed by atoms with Gasteiger partial charge in [-0.1, -0.05) is 63.3 Å². The average molecular weight is 538 g/mol. The van der Waals surface area contributed by atoms with Gasteiger partial charge in [0.2, 0.25) is 0 Å². The summed E-state index contributed by atoms with van der Waals surface area (Å²) < 4.78 is 9.03. The molecule has 0 bridgehead atoms. The molecule has 0 radical (unpaired) electrons. The number of rotatable bonds is 12. The molecule has 5 nitrogen and oxygen atoms in total. The predicted octanol–water partition coefficient (Wildman–Crippen LogP) is 8.32. The highest BCUT2D eigenvalue weighted by Crippen LogP contribution is 2.51. The fourth-order valence-corrected chi connectivity index (χ4v) is 6.66. The fraction of sp³-hybridized carbons (Fsp3) is 0.429. The van der Waals surface area contributed by atoms with Gasteiger partial charge in [0.1, 0.15) is 0 Å². The lowest BCUT2D eigenvalue weighted by molar-refractivity contribution is 0.0251. The minimum absolute atomic E-state index is 0.295. The van der Waals surface area contributed by atoms with E-state index in [1.807, 2.05) is 6.20 Å². The monoisotopic (exact) mass is 537 g/mol. The number of hydrogen-bond donors (Lipinski definition) is 0. The number of hydrogen-bond acceptors (Lipinski definition) is 4. The summed E-state index contributed by atoms with van der Waals surface area (Å²) in [7, 11) is 0. The predicted molar refractivity (Wildman–Crippen MR) is 164 cm³/mol. The molecule has 2 aromatic carbocycles. The SMILES string of the molecule is CCCCCCCCn1c(C)c(C2(c3ccc(N(CC)CC)cc3C)OC(=O)c3ccncc32)c2ccccc21. The van der Waals surface area contributed by atoms with Crippen molar-refractivity contribution in [1.29, 1.82) is 0 Å². The molecule has 0 aliphatic carbocycles. The van der Waals surface area contributed by atoms with Crippen molar-refractivity contribution in [3.8, 4) is 0 Å². The van der Waals surface area contributed by atoms with Crippen LogP contribution >= 0.6 is 0 Å². The summed E-state index contributed by atoms with van der Waals surface area (Å²) in [4.78, 5) is 20.3. The maximum atomic E-state index is 13.5. The van der Waals surface area contributed by atoms with Crippen LogP contribution < -0.4 is 4.90 Å². The zero-order valence-electron chi connectivity index (χ0n) is 24.8. The van der Waals surface area contributed by atoms with Crippen LogP contribution in [0.2, 0.25) is 0 Å². The topological polar surface area (TPSA) is 47.4 Å². The molecule has 2 aromatic heterocycles. The van der Waals surface area contributed by atoms with Crippen molar-refractivity contribution in [2.24, 2.45) is 0 Å². The van der Waals surface area contributed by atoms with Crippen molar-refractivity contribution >= 4 is 22.6 Å². The number of carbonyl (C=O) groups is 1. The number of pyridine rings is 1. The molecule has 5 rings (SSSR count). The summed E-state index contributed by atoms with van der Waals surface area (Å²) in [6.07, 6.45) is 11.0. The van der Waals surface area contributed by atoms with Gasteiger partial charge >= 0.3 is 5.97 Å². The number of para-hydroxylation sites is 1. The van der Waals surface area contributed by atoms with Crippen molar-refractivity contribution in [2.45, 2.75) is 85.3 Å². The first kappa shape index (κ1) is 27.9. The number of cyclic esters (lactones) is 1. The third-order valence-electron chi connectivity index (χ3n) is 8.70. The third-order valence-corrected chi connectivity index (χ3v) is 8.70. The number of aryl methyl sites for hydroxylation is 2.